The number of aromatic nitrogens is 20. The number of halogens is 4. The fourth-order valence-electron chi connectivity index (χ4n) is 13.4. The first-order chi connectivity index (χ1) is 91.1. The second-order valence-corrected chi connectivity index (χ2v) is 33.9. The first-order valence-corrected chi connectivity index (χ1v) is 45.9. The van der Waals surface area contributed by atoms with Crippen LogP contribution in [0.2, 0.25) is 0 Å². The molecule has 16 N–H and O–H groups in total. The van der Waals surface area contributed by atoms with Crippen molar-refractivity contribution in [2.75, 3.05) is 96.8 Å². The van der Waals surface area contributed by atoms with E-state index in [9.17, 15) is 78.8 Å². The molecule has 8 fully saturated rings. The summed E-state index contributed by atoms with van der Waals surface area (Å²) in [6, 6.07) is -27.1. The third kappa shape index (κ3) is 23.8. The number of nitrogens with zero attached hydrogens (tertiary/aromatic N) is 20. The minimum absolute atomic E-state index is 0.0302. The van der Waals surface area contributed by atoms with Gasteiger partial charge in [-0.15, -0.1) is 20.4 Å². The summed E-state index contributed by atoms with van der Waals surface area (Å²) in [7, 11) is 0. The van der Waals surface area contributed by atoms with Gasteiger partial charge < -0.3 is 101 Å². The van der Waals surface area contributed by atoms with E-state index in [1.54, 1.807) is 0 Å². The molecular formula is C96H124F4N24O16S4. The number of ether oxygens (including phenoxy) is 4. The number of anilines is 4. The quantitative estimate of drug-likeness (QED) is 0.00969. The molecule has 8 aromatic heterocycles. The Balaban J connectivity index is 0.000000174. The first-order valence-electron chi connectivity index (χ1n) is 71.7. The van der Waals surface area contributed by atoms with Crippen molar-refractivity contribution in [2.45, 2.75) is 298 Å². The third-order valence-corrected chi connectivity index (χ3v) is 23.9. The minimum Gasteiger partial charge on any atom is -0.394 e. The first kappa shape index (κ1) is 55.1. The van der Waals surface area contributed by atoms with Crippen molar-refractivity contribution in [1.29, 1.82) is 0 Å². The molecule has 40 nitrogen and oxygen atoms in total. The highest BCUT2D eigenvalue weighted by molar-refractivity contribution is 7.99. The number of benzene rings is 4. The Hall–Kier alpha value is -9.52. The normalized spacial score (nSPS) is 46.0. The van der Waals surface area contributed by atoms with Crippen molar-refractivity contribution in [2.24, 2.45) is 0 Å². The lowest BCUT2D eigenvalue weighted by molar-refractivity contribution is -0.0629. The molecule has 8 saturated carbocycles. The van der Waals surface area contributed by atoms with E-state index in [4.69, 9.17) is 89.0 Å². The largest absolute Gasteiger partial charge is 0.394 e. The summed E-state index contributed by atoms with van der Waals surface area (Å²) >= 11 is 1.34. The highest BCUT2D eigenvalue weighted by Gasteiger charge is 2.51. The number of hydrogen-bond donors (Lipinski definition) is 16. The van der Waals surface area contributed by atoms with Crippen LogP contribution >= 0.6 is 47.0 Å². The van der Waals surface area contributed by atoms with Gasteiger partial charge in [0.1, 0.15) is 71.9 Å². The van der Waals surface area contributed by atoms with Crippen LogP contribution in [0.15, 0.2) is 93.1 Å². The van der Waals surface area contributed by atoms with Crippen LogP contribution in [0.25, 0.3) is 44.7 Å². The number of thioether (sulfide) groups is 4. The van der Waals surface area contributed by atoms with Crippen LogP contribution in [0.4, 0.5) is 40.8 Å². The fraction of sp³-hybridized carbons (Fsp3) is 0.583. The van der Waals surface area contributed by atoms with E-state index in [0.717, 1.165) is 6.92 Å². The van der Waals surface area contributed by atoms with Gasteiger partial charge in [0.15, 0.2) is 88.6 Å². The molecule has 0 radical (unpaired) electrons. The van der Waals surface area contributed by atoms with Crippen LogP contribution < -0.4 is 21.3 Å². The molecule has 0 spiro atoms. The van der Waals surface area contributed by atoms with E-state index < -0.39 is 447 Å². The van der Waals surface area contributed by atoms with Crippen LogP contribution in [0.1, 0.15) is 276 Å². The lowest BCUT2D eigenvalue weighted by Gasteiger charge is -2.17. The van der Waals surface area contributed by atoms with Crippen molar-refractivity contribution in [3.05, 3.63) is 140 Å². The van der Waals surface area contributed by atoms with Crippen LogP contribution in [-0.4, -0.2) is 334 Å². The maximum atomic E-state index is 14.8. The Morgan fingerprint density at radius 2 is 0.639 bits per heavy atom. The van der Waals surface area contributed by atoms with Gasteiger partial charge >= 0.3 is 0 Å². The molecule has 0 unspecified atom stereocenters. The summed E-state index contributed by atoms with van der Waals surface area (Å²) in [5.74, 6) is -13.5. The maximum absolute atomic E-state index is 14.8. The van der Waals surface area contributed by atoms with Crippen molar-refractivity contribution in [1.82, 2.24) is 99.8 Å². The van der Waals surface area contributed by atoms with E-state index in [1.165, 1.54) is 48.5 Å². The monoisotopic (exact) mass is 2130 g/mol. The zero-order chi connectivity index (χ0) is 154. The average Bonchev–Trinajstić information content (AvgIpc) is 1.48. The molecule has 20 rings (SSSR count). The number of aliphatic hydroxyl groups is 12. The highest BCUT2D eigenvalue weighted by atomic mass is 32.2. The van der Waals surface area contributed by atoms with E-state index in [-0.39, 0.29) is 109 Å². The number of nitrogens with one attached hydrogen (secondary N) is 4. The van der Waals surface area contributed by atoms with Crippen molar-refractivity contribution in [3.8, 4) is 0 Å². The van der Waals surface area contributed by atoms with Gasteiger partial charge in [0.25, 0.3) is 0 Å². The summed E-state index contributed by atoms with van der Waals surface area (Å²) in [6.45, 7) is -9.29. The Bertz CT molecular complexity index is 9660. The molecule has 48 heteroatoms. The van der Waals surface area contributed by atoms with Crippen molar-refractivity contribution >= 4 is 115 Å². The van der Waals surface area contributed by atoms with Gasteiger partial charge in [-0.05, 0) is 148 Å². The molecule has 12 aromatic rings. The van der Waals surface area contributed by atoms with Gasteiger partial charge in [-0.2, -0.15) is 0 Å². The minimum atomic E-state index is -4.38. The Kier molecular flexibility index (Phi) is 18.1. The third-order valence-electron chi connectivity index (χ3n) is 20.8. The van der Waals surface area contributed by atoms with E-state index in [0.29, 0.717) is 35.3 Å². The second-order valence-electron chi connectivity index (χ2n) is 30.6. The zero-order valence-electron chi connectivity index (χ0n) is 134. The standard InChI is InChI=1S/4C24H31FN6O4S/c4*1-3-8-36-24-27-22(26-16-10-14(16)13-5-4-12(2)15(25)9-13)19-23(28-24)31(30-29-19)17-11-18(35-7-6-32)21(34)20(17)33/h4*4-5,9,14,16-18,20-21,32-34H,3,6-8,10-11H2,1-2H3,(H,26,27,28)/t4*14-,16+,17+,18-,20-,21+/m0000/s1/i4D,5D,6D2,7D2,8D2,9D,11D2,14D,17D,18D,20D,21D;4D,5D,7D2,8D2,9D,11D2,14D,17D,18D,20D,21D;4D,5D,6D2,8D2,9D,11D2,14D,17D,18D,20D,21D;3D2,4D,5D,8D2,9D,11D2,14D,17D,18D,20D,21D. The predicted molar refractivity (Wildman–Crippen MR) is 530 cm³/mol. The molecule has 0 aliphatic heterocycles. The number of hydrogen-bond acceptors (Lipinski definition) is 40. The number of fused-ring (bicyclic) bond motifs is 4. The molecule has 144 heavy (non-hydrogen) atoms. The van der Waals surface area contributed by atoms with Crippen LogP contribution in [-0.2, 0) is 18.9 Å². The van der Waals surface area contributed by atoms with Gasteiger partial charge in [-0.1, -0.05) is 144 Å². The van der Waals surface area contributed by atoms with Crippen LogP contribution in [0.3, 0.4) is 0 Å². The lowest BCUT2D eigenvalue weighted by atomic mass is 10.1. The molecular weight excluding hydrogens is 1950 g/mol. The van der Waals surface area contributed by atoms with Crippen LogP contribution in [0, 0.1) is 51.0 Å². The maximum Gasteiger partial charge on any atom is 0.191 e. The molecule has 0 saturated heterocycles. The fourth-order valence-corrected chi connectivity index (χ4v) is 15.5. The van der Waals surface area contributed by atoms with E-state index >= 15 is 0 Å². The van der Waals surface area contributed by atoms with Gasteiger partial charge in [-0.25, -0.2) is 76.2 Å². The molecule has 8 heterocycles. The summed E-state index contributed by atoms with van der Waals surface area (Å²) < 4.78 is 562. The molecule has 24 atom stereocenters. The summed E-state index contributed by atoms with van der Waals surface area (Å²) in [5.41, 5.74) is -16.7. The predicted octanol–water partition coefficient (Wildman–Crippen LogP) is 8.73. The molecule has 8 aliphatic carbocycles. The van der Waals surface area contributed by atoms with Crippen molar-refractivity contribution in [3.63, 3.8) is 0 Å². The highest BCUT2D eigenvalue weighted by Crippen LogP contribution is 2.50. The Morgan fingerprint density at radius 1 is 0.368 bits per heavy atom. The smallest absolute Gasteiger partial charge is 0.191 e. The van der Waals surface area contributed by atoms with E-state index in [2.05, 4.69) is 112 Å². The molecule has 0 bridgehead atoms. The molecule has 0 amide bonds. The van der Waals surface area contributed by atoms with E-state index in [1.807, 2.05) is 0 Å². The summed E-state index contributed by atoms with van der Waals surface area (Å²) in [5, 5.41) is 166. The van der Waals surface area contributed by atoms with Crippen LogP contribution in [0.5, 0.6) is 0 Å². The van der Waals surface area contributed by atoms with Gasteiger partial charge in [0, 0.05) is 126 Å². The molecule has 8 aliphatic rings. The van der Waals surface area contributed by atoms with Gasteiger partial charge in [0.05, 0.1) is 150 Å². The average molecular weight is 2130 g/mol. The molecule has 4 aromatic carbocycles. The zero-order valence-corrected chi connectivity index (χ0v) is 78.9. The second kappa shape index (κ2) is 47.3. The number of aliphatic hydroxyl groups excluding tert-OH is 2. The Morgan fingerprint density at radius 3 is 0.896 bits per heavy atom. The van der Waals surface area contributed by atoms with Gasteiger partial charge in [0.2, 0.25) is 0 Å². The lowest BCUT2D eigenvalue weighted by Crippen LogP contribution is -2.33. The Labute approximate surface area is 925 Å². The SMILES string of the molecule is [2H]c1c([2H])c([C@]2([2H])C[C@H]2Nc2nc(SC([2H])([2H])C([2H])([2H])C)nc3c2nnn3[C@]2([2H])C([2H])([2H])[C@]([2H])(OCCO)[C@@]([2H])(O)[C@@]2([2H])O)c([2H])c(F)c1C.[2H]c1c([2H])c([C@]2([2H])C[C@H]2Nc2nc(SC([2H])([2H])CC)nc3c2nnn3[C@]2([2H])C([2H])([2H])[C@]([2H])(OC([2H])([2H])C([2H])([2H])O)[C@@]([2H])(O)[C@@]2([2H])O)c([2H])c(F)c1C.[2H]c1c([2H])c([C@]2([2H])C[C@H]2Nc2nc(SC([2H])([2H])CC)nc3c2nnn3[C@]2([2H])C([2H])([2H])[C@]([2H])(OC([2H])([2H])CO)[C@@]([2H])(O)[C@@]2([2H])O)c([2H])c(F)c1C.[2H]c1c([2H])c([C@]2([2H])C[C@H]2Nc2nc(SC([2H])([2H])CC)nc3c2nnn3[C@]2([2H])C([2H])([2H])[C@]([2H])(OCC([2H])([2H])O)[C@@]([2H])(O)[C@@]2([2H])O)c([2H])c(F)c1C. The van der Waals surface area contributed by atoms with Gasteiger partial charge in [-0.3, -0.25) is 0 Å². The van der Waals surface area contributed by atoms with Crippen molar-refractivity contribution < 1.29 is 177 Å². The molecule has 776 valence electrons. The summed E-state index contributed by atoms with van der Waals surface area (Å²) in [6.07, 6.45) is -68.3. The topological polar surface area (TPSA) is 554 Å². The number of rotatable bonds is 40. The summed E-state index contributed by atoms with van der Waals surface area (Å²) in [4.78, 5) is 33.2.